The molecular formula is C26H34ClN2O5+. The lowest BCUT2D eigenvalue weighted by Crippen LogP contribution is -2.61. The van der Waals surface area contributed by atoms with Gasteiger partial charge in [0.2, 0.25) is 0 Å². The van der Waals surface area contributed by atoms with Crippen molar-refractivity contribution in [2.75, 3.05) is 32.1 Å². The lowest BCUT2D eigenvalue weighted by atomic mass is 10.0. The van der Waals surface area contributed by atoms with Gasteiger partial charge in [-0.3, -0.25) is 4.79 Å². The van der Waals surface area contributed by atoms with E-state index in [9.17, 15) is 14.4 Å². The van der Waals surface area contributed by atoms with Crippen molar-refractivity contribution in [3.8, 4) is 0 Å². The molecule has 0 saturated heterocycles. The molecule has 34 heavy (non-hydrogen) atoms. The van der Waals surface area contributed by atoms with Crippen LogP contribution in [0.4, 0.5) is 5.69 Å². The number of nitrogens with zero attached hydrogens (tertiary/aromatic N) is 1. The lowest BCUT2D eigenvalue weighted by Gasteiger charge is -2.41. The molecule has 0 heterocycles. The monoisotopic (exact) mass is 489 g/mol. The summed E-state index contributed by atoms with van der Waals surface area (Å²) in [6.45, 7) is 8.95. The zero-order valence-corrected chi connectivity index (χ0v) is 21.3. The van der Waals surface area contributed by atoms with Crippen LogP contribution in [0.5, 0.6) is 0 Å². The molecule has 1 unspecified atom stereocenters. The van der Waals surface area contributed by atoms with Crippen molar-refractivity contribution in [1.82, 2.24) is 0 Å². The van der Waals surface area contributed by atoms with E-state index in [0.717, 1.165) is 5.56 Å². The summed E-state index contributed by atoms with van der Waals surface area (Å²) >= 11 is 6.12. The van der Waals surface area contributed by atoms with Crippen LogP contribution in [0.25, 0.3) is 0 Å². The topological polar surface area (TPSA) is 81.7 Å². The molecule has 0 aliphatic rings. The minimum atomic E-state index is -0.592. The summed E-state index contributed by atoms with van der Waals surface area (Å²) in [7, 11) is 1.27. The van der Waals surface area contributed by atoms with Gasteiger partial charge in [0.15, 0.2) is 12.6 Å². The van der Waals surface area contributed by atoms with E-state index in [2.05, 4.69) is 5.32 Å². The third-order valence-corrected chi connectivity index (χ3v) is 6.47. The molecule has 2 rings (SSSR count). The fourth-order valence-corrected chi connectivity index (χ4v) is 4.52. The van der Waals surface area contributed by atoms with Gasteiger partial charge in [-0.1, -0.05) is 48.9 Å². The summed E-state index contributed by atoms with van der Waals surface area (Å²) in [6, 6.07) is 12.1. The number of benzene rings is 2. The molecule has 184 valence electrons. The van der Waals surface area contributed by atoms with Gasteiger partial charge in [0.05, 0.1) is 31.5 Å². The van der Waals surface area contributed by atoms with Gasteiger partial charge in [-0.25, -0.2) is 9.59 Å². The maximum Gasteiger partial charge on any atom is 0.362 e. The van der Waals surface area contributed by atoms with E-state index in [1.807, 2.05) is 51.1 Å². The maximum absolute atomic E-state index is 13.5. The molecule has 0 aliphatic carbocycles. The maximum atomic E-state index is 13.5. The number of esters is 2. The van der Waals surface area contributed by atoms with E-state index < -0.39 is 12.0 Å². The van der Waals surface area contributed by atoms with Gasteiger partial charge in [-0.2, -0.15) is 0 Å². The number of halogens is 1. The standard InChI is InChI=1S/C26H33ClN2O5/c1-6-22(25(31)28-24-18(4)14-20(27)15-21(24)26(32)33-5)29(7-2,8-3)16-23(30)34-17-19-12-10-9-11-13-19/h9-15,22H,6-8,16-17H2,1-5H3/p+1. The molecule has 8 heteroatoms. The number of rotatable bonds is 11. The number of quaternary nitrogens is 1. The summed E-state index contributed by atoms with van der Waals surface area (Å²) in [5.74, 6) is -1.24. The summed E-state index contributed by atoms with van der Waals surface area (Å²) in [4.78, 5) is 38.6. The first kappa shape index (κ1) is 27.3. The summed E-state index contributed by atoms with van der Waals surface area (Å²) < 4.78 is 10.6. The van der Waals surface area contributed by atoms with Gasteiger partial charge in [-0.05, 0) is 44.0 Å². The van der Waals surface area contributed by atoms with Gasteiger partial charge < -0.3 is 19.3 Å². The molecule has 7 nitrogen and oxygen atoms in total. The molecule has 0 spiro atoms. The number of nitrogens with one attached hydrogen (secondary N) is 1. The van der Waals surface area contributed by atoms with Crippen LogP contribution < -0.4 is 5.32 Å². The predicted octanol–water partition coefficient (Wildman–Crippen LogP) is 4.75. The van der Waals surface area contributed by atoms with Crippen molar-refractivity contribution >= 4 is 35.1 Å². The molecule has 1 atom stereocenters. The molecule has 0 aliphatic heterocycles. The second-order valence-corrected chi connectivity index (χ2v) is 8.64. The van der Waals surface area contributed by atoms with Gasteiger partial charge in [0.1, 0.15) is 6.61 Å². The Hall–Kier alpha value is -2.90. The zero-order valence-electron chi connectivity index (χ0n) is 20.5. The van der Waals surface area contributed by atoms with Crippen LogP contribution >= 0.6 is 11.6 Å². The van der Waals surface area contributed by atoms with E-state index >= 15 is 0 Å². The van der Waals surface area contributed by atoms with Crippen LogP contribution in [0, 0.1) is 6.92 Å². The van der Waals surface area contributed by atoms with Crippen molar-refractivity contribution in [3.63, 3.8) is 0 Å². The lowest BCUT2D eigenvalue weighted by molar-refractivity contribution is -0.932. The first-order chi connectivity index (χ1) is 16.2. The molecule has 2 aromatic carbocycles. The number of carbonyl (C=O) groups is 3. The molecule has 0 radical (unpaired) electrons. The Balaban J connectivity index is 2.26. The number of anilines is 1. The Morgan fingerprint density at radius 1 is 1.06 bits per heavy atom. The van der Waals surface area contributed by atoms with Gasteiger partial charge in [0, 0.05) is 11.4 Å². The minimum absolute atomic E-state index is 0.0647. The Morgan fingerprint density at radius 3 is 2.26 bits per heavy atom. The van der Waals surface area contributed by atoms with E-state index in [-0.39, 0.29) is 35.1 Å². The number of ether oxygens (including phenoxy) is 2. The fourth-order valence-electron chi connectivity index (χ4n) is 4.25. The number of methoxy groups -OCH3 is 1. The summed E-state index contributed by atoms with van der Waals surface area (Å²) in [5, 5.41) is 3.28. The van der Waals surface area contributed by atoms with Gasteiger partial charge in [-0.15, -0.1) is 0 Å². The molecule has 0 bridgehead atoms. The Bertz CT molecular complexity index is 1010. The van der Waals surface area contributed by atoms with Crippen LogP contribution in [-0.2, 0) is 25.7 Å². The van der Waals surface area contributed by atoms with Crippen molar-refractivity contribution in [3.05, 3.63) is 64.2 Å². The van der Waals surface area contributed by atoms with E-state index in [1.165, 1.54) is 13.2 Å². The number of aryl methyl sites for hydroxylation is 1. The zero-order chi connectivity index (χ0) is 25.3. The van der Waals surface area contributed by atoms with E-state index in [0.29, 0.717) is 35.8 Å². The second-order valence-electron chi connectivity index (χ2n) is 8.21. The number of hydrogen-bond donors (Lipinski definition) is 1. The largest absolute Gasteiger partial charge is 0.465 e. The highest BCUT2D eigenvalue weighted by atomic mass is 35.5. The van der Waals surface area contributed by atoms with Crippen LogP contribution in [0.1, 0.15) is 48.7 Å². The van der Waals surface area contributed by atoms with Gasteiger partial charge >= 0.3 is 11.9 Å². The SMILES string of the molecule is CCC(C(=O)Nc1c(C)cc(Cl)cc1C(=O)OC)[N+](CC)(CC)CC(=O)OCc1ccccc1. The molecule has 1 N–H and O–H groups in total. The fraction of sp³-hybridized carbons (Fsp3) is 0.423. The van der Waals surface area contributed by atoms with Crippen LogP contribution in [0.2, 0.25) is 5.02 Å². The highest BCUT2D eigenvalue weighted by Crippen LogP contribution is 2.28. The number of carbonyl (C=O) groups excluding carboxylic acids is 3. The Kier molecular flexibility index (Phi) is 10.1. The highest BCUT2D eigenvalue weighted by molar-refractivity contribution is 6.31. The van der Waals surface area contributed by atoms with Crippen molar-refractivity contribution in [2.45, 2.75) is 46.8 Å². The van der Waals surface area contributed by atoms with E-state index in [1.54, 1.807) is 13.0 Å². The Morgan fingerprint density at radius 2 is 1.71 bits per heavy atom. The molecule has 0 fully saturated rings. The minimum Gasteiger partial charge on any atom is -0.465 e. The summed E-state index contributed by atoms with van der Waals surface area (Å²) in [6.07, 6.45) is 0.500. The van der Waals surface area contributed by atoms with Gasteiger partial charge in [0.25, 0.3) is 5.91 Å². The average Bonchev–Trinajstić information content (AvgIpc) is 2.84. The van der Waals surface area contributed by atoms with Crippen LogP contribution in [0.3, 0.4) is 0 Å². The molecule has 0 aromatic heterocycles. The third-order valence-electron chi connectivity index (χ3n) is 6.25. The quantitative estimate of drug-likeness (QED) is 0.364. The first-order valence-electron chi connectivity index (χ1n) is 11.5. The number of likely N-dealkylation sites (N-methyl/N-ethyl adjacent to an activating group) is 1. The molecule has 0 saturated carbocycles. The number of hydrogen-bond acceptors (Lipinski definition) is 5. The second kappa shape index (κ2) is 12.5. The Labute approximate surface area is 206 Å². The number of amides is 1. The van der Waals surface area contributed by atoms with E-state index in [4.69, 9.17) is 21.1 Å². The van der Waals surface area contributed by atoms with Crippen molar-refractivity contribution < 1.29 is 28.3 Å². The average molecular weight is 490 g/mol. The predicted molar refractivity (Wildman–Crippen MR) is 133 cm³/mol. The molecule has 1 amide bonds. The van der Waals surface area contributed by atoms with Crippen LogP contribution in [0.15, 0.2) is 42.5 Å². The highest BCUT2D eigenvalue weighted by Gasteiger charge is 2.41. The third kappa shape index (κ3) is 6.58. The van der Waals surface area contributed by atoms with Crippen molar-refractivity contribution in [2.24, 2.45) is 0 Å². The molecular weight excluding hydrogens is 456 g/mol. The normalized spacial score (nSPS) is 12.1. The first-order valence-corrected chi connectivity index (χ1v) is 11.8. The van der Waals surface area contributed by atoms with Crippen LogP contribution in [-0.4, -0.2) is 55.1 Å². The molecule has 2 aromatic rings. The summed E-state index contributed by atoms with van der Waals surface area (Å²) in [5.41, 5.74) is 2.09. The van der Waals surface area contributed by atoms with Crippen molar-refractivity contribution in [1.29, 1.82) is 0 Å². The smallest absolute Gasteiger partial charge is 0.362 e.